The predicted octanol–water partition coefficient (Wildman–Crippen LogP) is 3.25. The lowest BCUT2D eigenvalue weighted by Crippen LogP contribution is -2.05. The van der Waals surface area contributed by atoms with E-state index in [4.69, 9.17) is 14.2 Å². The van der Waals surface area contributed by atoms with Gasteiger partial charge in [-0.1, -0.05) is 11.6 Å². The highest BCUT2D eigenvalue weighted by molar-refractivity contribution is 6.11. The topological polar surface area (TPSA) is 44.8 Å². The van der Waals surface area contributed by atoms with Crippen LogP contribution in [-0.4, -0.2) is 27.1 Å². The van der Waals surface area contributed by atoms with Crippen molar-refractivity contribution in [3.63, 3.8) is 0 Å². The molecule has 0 N–H and O–H groups in total. The van der Waals surface area contributed by atoms with Gasteiger partial charge in [-0.2, -0.15) is 0 Å². The first kappa shape index (κ1) is 14.9. The lowest BCUT2D eigenvalue weighted by atomic mass is 10.00. The van der Waals surface area contributed by atoms with Crippen LogP contribution in [0.3, 0.4) is 0 Å². The molecule has 2 aromatic carbocycles. The van der Waals surface area contributed by atoms with E-state index in [2.05, 4.69) is 0 Å². The number of rotatable bonds is 5. The molecular formula is C17H18O4. The van der Waals surface area contributed by atoms with Crippen LogP contribution >= 0.6 is 0 Å². The highest BCUT2D eigenvalue weighted by atomic mass is 16.5. The zero-order chi connectivity index (χ0) is 15.4. The van der Waals surface area contributed by atoms with Crippen molar-refractivity contribution >= 4 is 5.78 Å². The molecule has 0 bridgehead atoms. The third-order valence-electron chi connectivity index (χ3n) is 3.21. The monoisotopic (exact) mass is 286 g/mol. The quantitative estimate of drug-likeness (QED) is 0.791. The summed E-state index contributed by atoms with van der Waals surface area (Å²) in [5, 5.41) is 0. The van der Waals surface area contributed by atoms with Crippen molar-refractivity contribution < 1.29 is 19.0 Å². The van der Waals surface area contributed by atoms with E-state index in [1.54, 1.807) is 45.6 Å². The van der Waals surface area contributed by atoms with Crippen LogP contribution in [0, 0.1) is 6.92 Å². The van der Waals surface area contributed by atoms with E-state index < -0.39 is 0 Å². The number of ether oxygens (including phenoxy) is 3. The zero-order valence-corrected chi connectivity index (χ0v) is 12.6. The van der Waals surface area contributed by atoms with Gasteiger partial charge in [-0.3, -0.25) is 4.79 Å². The van der Waals surface area contributed by atoms with Gasteiger partial charge >= 0.3 is 0 Å². The Labute approximate surface area is 124 Å². The summed E-state index contributed by atoms with van der Waals surface area (Å²) in [4.78, 5) is 12.7. The summed E-state index contributed by atoms with van der Waals surface area (Å²) in [5.41, 5.74) is 2.01. The second-order valence-corrected chi connectivity index (χ2v) is 4.63. The first-order valence-corrected chi connectivity index (χ1v) is 6.51. The fraction of sp³-hybridized carbons (Fsp3) is 0.235. The largest absolute Gasteiger partial charge is 0.497 e. The molecule has 4 nitrogen and oxygen atoms in total. The second kappa shape index (κ2) is 6.31. The van der Waals surface area contributed by atoms with Crippen LogP contribution in [0.1, 0.15) is 21.5 Å². The summed E-state index contributed by atoms with van der Waals surface area (Å²) < 4.78 is 15.7. The lowest BCUT2D eigenvalue weighted by Gasteiger charge is -2.11. The molecule has 0 fully saturated rings. The maximum atomic E-state index is 12.7. The van der Waals surface area contributed by atoms with E-state index in [1.807, 2.05) is 19.1 Å². The molecule has 21 heavy (non-hydrogen) atoms. The van der Waals surface area contributed by atoms with Crippen LogP contribution in [0.4, 0.5) is 0 Å². The van der Waals surface area contributed by atoms with Gasteiger partial charge in [0, 0.05) is 11.6 Å². The van der Waals surface area contributed by atoms with Gasteiger partial charge in [0.2, 0.25) is 0 Å². The third kappa shape index (κ3) is 3.16. The van der Waals surface area contributed by atoms with Gasteiger partial charge in [-0.25, -0.2) is 0 Å². The Morgan fingerprint density at radius 2 is 1.48 bits per heavy atom. The van der Waals surface area contributed by atoms with Crippen LogP contribution in [0.25, 0.3) is 0 Å². The van der Waals surface area contributed by atoms with Gasteiger partial charge in [-0.05, 0) is 31.2 Å². The molecule has 0 aliphatic carbocycles. The molecular weight excluding hydrogens is 268 g/mol. The van der Waals surface area contributed by atoms with Crippen molar-refractivity contribution in [3.8, 4) is 17.2 Å². The smallest absolute Gasteiger partial charge is 0.197 e. The molecule has 0 unspecified atom stereocenters. The second-order valence-electron chi connectivity index (χ2n) is 4.63. The Morgan fingerprint density at radius 3 is 2.00 bits per heavy atom. The van der Waals surface area contributed by atoms with Crippen molar-refractivity contribution in [1.29, 1.82) is 0 Å². The molecule has 0 aliphatic heterocycles. The molecule has 0 atom stereocenters. The van der Waals surface area contributed by atoms with Crippen molar-refractivity contribution in [2.24, 2.45) is 0 Å². The Balaban J connectivity index is 2.51. The van der Waals surface area contributed by atoms with Crippen molar-refractivity contribution in [1.82, 2.24) is 0 Å². The van der Waals surface area contributed by atoms with Gasteiger partial charge in [-0.15, -0.1) is 0 Å². The summed E-state index contributed by atoms with van der Waals surface area (Å²) in [5.74, 6) is 1.56. The van der Waals surface area contributed by atoms with Crippen molar-refractivity contribution in [2.75, 3.05) is 21.3 Å². The average molecular weight is 286 g/mol. The standard InChI is InChI=1S/C17H18O4/c1-11-5-6-16(21-4)15(7-11)17(18)12-8-13(19-2)10-14(9-12)20-3/h5-10H,1-4H3. The Bertz CT molecular complexity index is 640. The molecule has 2 aromatic rings. The van der Waals surface area contributed by atoms with Gasteiger partial charge in [0.25, 0.3) is 0 Å². The molecule has 0 amide bonds. The summed E-state index contributed by atoms with van der Waals surface area (Å²) in [6.07, 6.45) is 0. The number of aryl methyl sites for hydroxylation is 1. The minimum Gasteiger partial charge on any atom is -0.497 e. The molecule has 110 valence electrons. The van der Waals surface area contributed by atoms with E-state index in [1.165, 1.54) is 0 Å². The number of carbonyl (C=O) groups excluding carboxylic acids is 1. The summed E-state index contributed by atoms with van der Waals surface area (Å²) in [6, 6.07) is 10.6. The first-order valence-electron chi connectivity index (χ1n) is 6.51. The van der Waals surface area contributed by atoms with E-state index in [0.29, 0.717) is 28.4 Å². The maximum Gasteiger partial charge on any atom is 0.197 e. The SMILES string of the molecule is COc1cc(OC)cc(C(=O)c2cc(C)ccc2OC)c1. The van der Waals surface area contributed by atoms with Crippen LogP contribution < -0.4 is 14.2 Å². The van der Waals surface area contributed by atoms with E-state index in [0.717, 1.165) is 5.56 Å². The van der Waals surface area contributed by atoms with E-state index >= 15 is 0 Å². The summed E-state index contributed by atoms with van der Waals surface area (Å²) in [7, 11) is 4.65. The van der Waals surface area contributed by atoms with Crippen LogP contribution in [-0.2, 0) is 0 Å². The van der Waals surface area contributed by atoms with Gasteiger partial charge in [0.1, 0.15) is 17.2 Å². The highest BCUT2D eigenvalue weighted by Crippen LogP contribution is 2.27. The number of hydrogen-bond acceptors (Lipinski definition) is 4. The minimum absolute atomic E-state index is 0.132. The Hall–Kier alpha value is -2.49. The molecule has 0 saturated carbocycles. The van der Waals surface area contributed by atoms with Crippen molar-refractivity contribution in [3.05, 3.63) is 53.1 Å². The molecule has 0 saturated heterocycles. The Morgan fingerprint density at radius 1 is 0.857 bits per heavy atom. The highest BCUT2D eigenvalue weighted by Gasteiger charge is 2.16. The first-order chi connectivity index (χ1) is 10.1. The fourth-order valence-electron chi connectivity index (χ4n) is 2.09. The molecule has 0 heterocycles. The minimum atomic E-state index is -0.132. The van der Waals surface area contributed by atoms with E-state index in [-0.39, 0.29) is 5.78 Å². The predicted molar refractivity (Wildman–Crippen MR) is 80.7 cm³/mol. The maximum absolute atomic E-state index is 12.7. The molecule has 0 aromatic heterocycles. The fourth-order valence-corrected chi connectivity index (χ4v) is 2.09. The van der Waals surface area contributed by atoms with Gasteiger partial charge < -0.3 is 14.2 Å². The zero-order valence-electron chi connectivity index (χ0n) is 12.6. The summed E-state index contributed by atoms with van der Waals surface area (Å²) >= 11 is 0. The van der Waals surface area contributed by atoms with Gasteiger partial charge in [0.05, 0.1) is 26.9 Å². The van der Waals surface area contributed by atoms with Crippen LogP contribution in [0.2, 0.25) is 0 Å². The molecule has 0 spiro atoms. The van der Waals surface area contributed by atoms with Crippen molar-refractivity contribution in [2.45, 2.75) is 6.92 Å². The molecule has 0 radical (unpaired) electrons. The third-order valence-corrected chi connectivity index (χ3v) is 3.21. The number of hydrogen-bond donors (Lipinski definition) is 0. The summed E-state index contributed by atoms with van der Waals surface area (Å²) in [6.45, 7) is 1.93. The number of ketones is 1. The molecule has 4 heteroatoms. The number of benzene rings is 2. The average Bonchev–Trinajstić information content (AvgIpc) is 2.53. The molecule has 0 aliphatic rings. The van der Waals surface area contributed by atoms with E-state index in [9.17, 15) is 4.79 Å². The Kier molecular flexibility index (Phi) is 4.48. The van der Waals surface area contributed by atoms with Crippen LogP contribution in [0.5, 0.6) is 17.2 Å². The number of carbonyl (C=O) groups is 1. The van der Waals surface area contributed by atoms with Crippen LogP contribution in [0.15, 0.2) is 36.4 Å². The normalized spacial score (nSPS) is 10.1. The lowest BCUT2D eigenvalue weighted by molar-refractivity contribution is 0.103. The van der Waals surface area contributed by atoms with Gasteiger partial charge in [0.15, 0.2) is 5.78 Å². The number of methoxy groups -OCH3 is 3. The molecule has 2 rings (SSSR count).